The minimum absolute atomic E-state index is 0.00865. The van der Waals surface area contributed by atoms with Gasteiger partial charge in [0.2, 0.25) is 10.0 Å². The number of nitrogens with one attached hydrogen (secondary N) is 1. The molecule has 0 aromatic heterocycles. The number of halogens is 1. The predicted molar refractivity (Wildman–Crippen MR) is 118 cm³/mol. The first-order chi connectivity index (χ1) is 14.0. The van der Waals surface area contributed by atoms with Crippen molar-refractivity contribution in [2.24, 2.45) is 0 Å². The second-order valence-electron chi connectivity index (χ2n) is 8.90. The summed E-state index contributed by atoms with van der Waals surface area (Å²) in [5.74, 6) is 0. The fourth-order valence-electron chi connectivity index (χ4n) is 5.45. The van der Waals surface area contributed by atoms with Crippen LogP contribution in [0.5, 0.6) is 0 Å². The molecule has 0 amide bonds. The largest absolute Gasteiger partial charge is 0.298 e. The molecule has 2 unspecified atom stereocenters. The summed E-state index contributed by atoms with van der Waals surface area (Å²) in [7, 11) is -3.52. The molecule has 1 aliphatic heterocycles. The highest BCUT2D eigenvalue weighted by atomic mass is 35.5. The van der Waals surface area contributed by atoms with Gasteiger partial charge in [-0.2, -0.15) is 0 Å². The van der Waals surface area contributed by atoms with E-state index in [1.807, 2.05) is 0 Å². The van der Waals surface area contributed by atoms with Crippen molar-refractivity contribution in [3.05, 3.63) is 29.3 Å². The highest BCUT2D eigenvalue weighted by Gasteiger charge is 2.35. The first-order valence-electron chi connectivity index (χ1n) is 11.3. The molecule has 4 rings (SSSR count). The van der Waals surface area contributed by atoms with Gasteiger partial charge in [-0.3, -0.25) is 9.80 Å². The molecule has 162 valence electrons. The van der Waals surface area contributed by atoms with Crippen LogP contribution in [0.15, 0.2) is 29.2 Å². The predicted octanol–water partition coefficient (Wildman–Crippen LogP) is 3.88. The van der Waals surface area contributed by atoms with Crippen molar-refractivity contribution in [3.8, 4) is 0 Å². The molecule has 5 nitrogen and oxygen atoms in total. The lowest BCUT2D eigenvalue weighted by molar-refractivity contribution is 0.0380. The number of hydrogen-bond donors (Lipinski definition) is 1. The number of sulfonamides is 1. The lowest BCUT2D eigenvalue weighted by atomic mass is 9.89. The van der Waals surface area contributed by atoms with Gasteiger partial charge in [-0.15, -0.1) is 0 Å². The SMILES string of the molecule is O=S(=O)(NC1CCCCC1N1CCN(C2CCCCC2)CC1)c1ccc(Cl)cc1. The third-order valence-corrected chi connectivity index (χ3v) is 8.83. The van der Waals surface area contributed by atoms with E-state index >= 15 is 0 Å². The van der Waals surface area contributed by atoms with Gasteiger partial charge >= 0.3 is 0 Å². The monoisotopic (exact) mass is 439 g/mol. The van der Waals surface area contributed by atoms with Gasteiger partial charge in [0, 0.05) is 49.3 Å². The fraction of sp³-hybridized carbons (Fsp3) is 0.727. The zero-order chi connectivity index (χ0) is 20.3. The summed E-state index contributed by atoms with van der Waals surface area (Å²) in [6.45, 7) is 4.36. The number of rotatable bonds is 5. The van der Waals surface area contributed by atoms with Crippen molar-refractivity contribution < 1.29 is 8.42 Å². The van der Waals surface area contributed by atoms with Gasteiger partial charge in [-0.25, -0.2) is 13.1 Å². The molecule has 29 heavy (non-hydrogen) atoms. The van der Waals surface area contributed by atoms with Crippen LogP contribution in [-0.4, -0.2) is 62.5 Å². The van der Waals surface area contributed by atoms with E-state index < -0.39 is 10.0 Å². The summed E-state index contributed by atoms with van der Waals surface area (Å²) in [4.78, 5) is 5.53. The van der Waals surface area contributed by atoms with Crippen LogP contribution in [0, 0.1) is 0 Å². The van der Waals surface area contributed by atoms with Crippen molar-refractivity contribution in [1.82, 2.24) is 14.5 Å². The Morgan fingerprint density at radius 2 is 1.38 bits per heavy atom. The molecule has 1 aromatic rings. The molecule has 1 aromatic carbocycles. The van der Waals surface area contributed by atoms with Crippen LogP contribution in [0.1, 0.15) is 57.8 Å². The van der Waals surface area contributed by atoms with Crippen molar-refractivity contribution in [2.75, 3.05) is 26.2 Å². The van der Waals surface area contributed by atoms with Crippen LogP contribution in [0.25, 0.3) is 0 Å². The lowest BCUT2D eigenvalue weighted by Crippen LogP contribution is -2.59. The van der Waals surface area contributed by atoms with Gasteiger partial charge in [0.25, 0.3) is 0 Å². The molecule has 0 spiro atoms. The summed E-state index contributed by atoms with van der Waals surface area (Å²) in [5.41, 5.74) is 0. The van der Waals surface area contributed by atoms with Gasteiger partial charge < -0.3 is 0 Å². The summed E-state index contributed by atoms with van der Waals surface area (Å²) in [6.07, 6.45) is 11.1. The zero-order valence-electron chi connectivity index (χ0n) is 17.2. The number of piperazine rings is 1. The average molecular weight is 440 g/mol. The lowest BCUT2D eigenvalue weighted by Gasteiger charge is -2.46. The molecule has 1 N–H and O–H groups in total. The minimum Gasteiger partial charge on any atom is -0.298 e. The maximum absolute atomic E-state index is 12.9. The Labute approximate surface area is 180 Å². The minimum atomic E-state index is -3.52. The topological polar surface area (TPSA) is 52.7 Å². The molecular weight excluding hydrogens is 406 g/mol. The molecule has 0 bridgehead atoms. The summed E-state index contributed by atoms with van der Waals surface area (Å²) in [5, 5.41) is 0.551. The second kappa shape index (κ2) is 9.65. The van der Waals surface area contributed by atoms with E-state index in [0.29, 0.717) is 16.0 Å². The molecule has 3 fully saturated rings. The Hall–Kier alpha value is -0.660. The second-order valence-corrected chi connectivity index (χ2v) is 11.0. The molecule has 3 aliphatic rings. The molecule has 1 heterocycles. The van der Waals surface area contributed by atoms with E-state index in [2.05, 4.69) is 14.5 Å². The van der Waals surface area contributed by atoms with E-state index in [-0.39, 0.29) is 6.04 Å². The summed E-state index contributed by atoms with van der Waals surface area (Å²) >= 11 is 5.92. The van der Waals surface area contributed by atoms with Crippen molar-refractivity contribution >= 4 is 21.6 Å². The number of hydrogen-bond acceptors (Lipinski definition) is 4. The van der Waals surface area contributed by atoms with Crippen LogP contribution in [0.2, 0.25) is 5.02 Å². The van der Waals surface area contributed by atoms with Crippen LogP contribution in [0.4, 0.5) is 0 Å². The third-order valence-electron chi connectivity index (χ3n) is 7.07. The van der Waals surface area contributed by atoms with Crippen molar-refractivity contribution in [2.45, 2.75) is 80.8 Å². The van der Waals surface area contributed by atoms with Crippen LogP contribution >= 0.6 is 11.6 Å². The van der Waals surface area contributed by atoms with Gasteiger partial charge in [0.05, 0.1) is 4.90 Å². The Bertz CT molecular complexity index is 757. The first-order valence-corrected chi connectivity index (χ1v) is 13.1. The van der Waals surface area contributed by atoms with E-state index in [1.165, 1.54) is 38.5 Å². The van der Waals surface area contributed by atoms with Gasteiger partial charge in [-0.1, -0.05) is 43.7 Å². The van der Waals surface area contributed by atoms with Gasteiger partial charge in [0.1, 0.15) is 0 Å². The van der Waals surface area contributed by atoms with Crippen molar-refractivity contribution in [1.29, 1.82) is 0 Å². The van der Waals surface area contributed by atoms with Crippen LogP contribution in [-0.2, 0) is 10.0 Å². The van der Waals surface area contributed by atoms with E-state index in [9.17, 15) is 8.42 Å². The Morgan fingerprint density at radius 1 is 0.793 bits per heavy atom. The molecule has 2 saturated carbocycles. The highest BCUT2D eigenvalue weighted by molar-refractivity contribution is 7.89. The zero-order valence-corrected chi connectivity index (χ0v) is 18.8. The van der Waals surface area contributed by atoms with E-state index in [0.717, 1.165) is 51.5 Å². The summed E-state index contributed by atoms with van der Waals surface area (Å²) in [6, 6.07) is 7.52. The molecule has 0 radical (unpaired) electrons. The maximum Gasteiger partial charge on any atom is 0.240 e. The molecule has 2 aliphatic carbocycles. The number of benzene rings is 1. The Morgan fingerprint density at radius 3 is 2.07 bits per heavy atom. The molecular formula is C22H34ClN3O2S. The smallest absolute Gasteiger partial charge is 0.240 e. The van der Waals surface area contributed by atoms with Crippen LogP contribution in [0.3, 0.4) is 0 Å². The molecule has 1 saturated heterocycles. The van der Waals surface area contributed by atoms with Gasteiger partial charge in [0.15, 0.2) is 0 Å². The normalized spacial score (nSPS) is 28.4. The van der Waals surface area contributed by atoms with Gasteiger partial charge in [-0.05, 0) is 49.9 Å². The van der Waals surface area contributed by atoms with E-state index in [1.54, 1.807) is 24.3 Å². The quantitative estimate of drug-likeness (QED) is 0.756. The standard InChI is InChI=1S/C22H34ClN3O2S/c23-18-10-12-20(13-11-18)29(27,28)24-21-8-4-5-9-22(21)26-16-14-25(15-17-26)19-6-2-1-3-7-19/h10-13,19,21-22,24H,1-9,14-17H2. The average Bonchev–Trinajstić information content (AvgIpc) is 2.75. The Balaban J connectivity index is 1.38. The summed E-state index contributed by atoms with van der Waals surface area (Å²) < 4.78 is 28.9. The molecule has 2 atom stereocenters. The van der Waals surface area contributed by atoms with E-state index in [4.69, 9.17) is 11.6 Å². The first kappa shape index (κ1) is 21.6. The van der Waals surface area contributed by atoms with Crippen LogP contribution < -0.4 is 4.72 Å². The molecule has 7 heteroatoms. The highest BCUT2D eigenvalue weighted by Crippen LogP contribution is 2.28. The van der Waals surface area contributed by atoms with Crippen molar-refractivity contribution in [3.63, 3.8) is 0 Å². The number of nitrogens with zero attached hydrogens (tertiary/aromatic N) is 2. The fourth-order valence-corrected chi connectivity index (χ4v) is 6.88. The maximum atomic E-state index is 12.9. The third kappa shape index (κ3) is 5.34. The Kier molecular flexibility index (Phi) is 7.18.